The Morgan fingerprint density at radius 2 is 1.81 bits per heavy atom. The lowest BCUT2D eigenvalue weighted by molar-refractivity contribution is -0.155. The van der Waals surface area contributed by atoms with Crippen LogP contribution in [-0.2, 0) is 28.7 Å². The number of ether oxygens (including phenoxy) is 2. The monoisotopic (exact) mass is 590 g/mol. The van der Waals surface area contributed by atoms with Crippen molar-refractivity contribution in [1.29, 1.82) is 0 Å². The van der Waals surface area contributed by atoms with E-state index in [1.165, 1.54) is 18.5 Å². The maximum atomic E-state index is 13.2. The van der Waals surface area contributed by atoms with E-state index in [-0.39, 0.29) is 35.5 Å². The molecule has 0 saturated carbocycles. The predicted molar refractivity (Wildman–Crippen MR) is 158 cm³/mol. The van der Waals surface area contributed by atoms with Gasteiger partial charge in [0, 0.05) is 25.7 Å². The summed E-state index contributed by atoms with van der Waals surface area (Å²) in [5.74, 6) is -0.355. The molecule has 0 bridgehead atoms. The molecule has 0 aliphatic carbocycles. The molecule has 3 N–H and O–H groups in total. The zero-order valence-corrected chi connectivity index (χ0v) is 26.1. The Balaban J connectivity index is 0.000000782. The standard InChI is InChI=1S/C26H40N4O5.C5H10O2/c1-26(2,3)35-24(33)14-22(20-13-21(31)16-28-15-20)29-25(34)19-5-4-12-30(17-19)23(32)7-6-18-8-10-27-11-9-18;1-5(2,3)7-4-6/h13,15-16,18-19,22,27,31H,4-12,14,17H2,1-3H3,(H,29,34);4H,1-3H3/t19-,22?;/m1./s1. The number of likely N-dealkylation sites (tertiary alicyclic amines) is 1. The highest BCUT2D eigenvalue weighted by Crippen LogP contribution is 2.25. The van der Waals surface area contributed by atoms with E-state index in [0.29, 0.717) is 43.9 Å². The molecule has 2 amide bonds. The Kier molecular flexibility index (Phi) is 13.7. The van der Waals surface area contributed by atoms with Crippen molar-refractivity contribution in [2.24, 2.45) is 11.8 Å². The van der Waals surface area contributed by atoms with E-state index in [9.17, 15) is 24.3 Å². The molecule has 42 heavy (non-hydrogen) atoms. The van der Waals surface area contributed by atoms with Crippen LogP contribution in [0.5, 0.6) is 5.75 Å². The van der Waals surface area contributed by atoms with Gasteiger partial charge >= 0.3 is 5.97 Å². The quantitative estimate of drug-likeness (QED) is 0.290. The molecule has 11 heteroatoms. The zero-order chi connectivity index (χ0) is 31.3. The van der Waals surface area contributed by atoms with Gasteiger partial charge in [0.2, 0.25) is 11.8 Å². The minimum absolute atomic E-state index is 0.0471. The number of nitrogens with zero attached hydrogens (tertiary/aromatic N) is 2. The van der Waals surface area contributed by atoms with Crippen LogP contribution in [0.4, 0.5) is 0 Å². The topological polar surface area (TPSA) is 147 Å². The number of pyridine rings is 1. The zero-order valence-electron chi connectivity index (χ0n) is 26.1. The molecule has 11 nitrogen and oxygen atoms in total. The summed E-state index contributed by atoms with van der Waals surface area (Å²) in [4.78, 5) is 54.0. The minimum atomic E-state index is -0.692. The van der Waals surface area contributed by atoms with Crippen LogP contribution in [0, 0.1) is 11.8 Å². The van der Waals surface area contributed by atoms with E-state index in [0.717, 1.165) is 38.8 Å². The van der Waals surface area contributed by atoms with Crippen molar-refractivity contribution < 1.29 is 33.8 Å². The third-order valence-corrected chi connectivity index (χ3v) is 7.03. The van der Waals surface area contributed by atoms with E-state index >= 15 is 0 Å². The molecule has 0 spiro atoms. The van der Waals surface area contributed by atoms with Gasteiger partial charge in [-0.2, -0.15) is 0 Å². The number of hydrogen-bond acceptors (Lipinski definition) is 9. The second-order valence-corrected chi connectivity index (χ2v) is 13.1. The van der Waals surface area contributed by atoms with Gasteiger partial charge in [0.05, 0.1) is 24.6 Å². The number of carbonyl (C=O) groups is 4. The van der Waals surface area contributed by atoms with Crippen LogP contribution in [-0.4, -0.2) is 76.6 Å². The Morgan fingerprint density at radius 1 is 1.12 bits per heavy atom. The molecule has 2 aliphatic heterocycles. The maximum absolute atomic E-state index is 13.2. The van der Waals surface area contributed by atoms with Crippen molar-refractivity contribution in [3.8, 4) is 5.75 Å². The van der Waals surface area contributed by atoms with Gasteiger partial charge < -0.3 is 30.1 Å². The highest BCUT2D eigenvalue weighted by atomic mass is 16.6. The first-order valence-corrected chi connectivity index (χ1v) is 14.9. The van der Waals surface area contributed by atoms with Crippen LogP contribution in [0.1, 0.15) is 98.1 Å². The Bertz CT molecular complexity index is 1030. The first-order chi connectivity index (χ1) is 19.7. The Labute approximate surface area is 250 Å². The first kappa shape index (κ1) is 35.0. The average molecular weight is 591 g/mol. The first-order valence-electron chi connectivity index (χ1n) is 14.9. The molecule has 2 atom stereocenters. The van der Waals surface area contributed by atoms with Crippen LogP contribution in [0.15, 0.2) is 18.5 Å². The van der Waals surface area contributed by atoms with Crippen molar-refractivity contribution in [2.45, 2.75) is 104 Å². The lowest BCUT2D eigenvalue weighted by Gasteiger charge is -2.33. The summed E-state index contributed by atoms with van der Waals surface area (Å²) >= 11 is 0. The highest BCUT2D eigenvalue weighted by Gasteiger charge is 2.31. The van der Waals surface area contributed by atoms with Gasteiger partial charge in [-0.1, -0.05) is 0 Å². The molecule has 2 fully saturated rings. The lowest BCUT2D eigenvalue weighted by atomic mass is 9.92. The molecule has 3 rings (SSSR count). The van der Waals surface area contributed by atoms with Crippen molar-refractivity contribution in [3.63, 3.8) is 0 Å². The third kappa shape index (κ3) is 13.6. The summed E-state index contributed by atoms with van der Waals surface area (Å²) in [6.07, 6.45) is 7.83. The van der Waals surface area contributed by atoms with Gasteiger partial charge in [-0.25, -0.2) is 0 Å². The number of amides is 2. The molecule has 236 valence electrons. The number of hydrogen-bond donors (Lipinski definition) is 3. The van der Waals surface area contributed by atoms with E-state index in [1.807, 2.05) is 25.7 Å². The smallest absolute Gasteiger partial charge is 0.308 e. The van der Waals surface area contributed by atoms with Gasteiger partial charge in [0.25, 0.3) is 6.47 Å². The van der Waals surface area contributed by atoms with Gasteiger partial charge in [-0.15, -0.1) is 0 Å². The van der Waals surface area contributed by atoms with Gasteiger partial charge in [-0.05, 0) is 104 Å². The predicted octanol–water partition coefficient (Wildman–Crippen LogP) is 3.65. The van der Waals surface area contributed by atoms with E-state index in [2.05, 4.69) is 20.4 Å². The van der Waals surface area contributed by atoms with Crippen LogP contribution in [0.2, 0.25) is 0 Å². The van der Waals surface area contributed by atoms with Gasteiger partial charge in [0.15, 0.2) is 0 Å². The third-order valence-electron chi connectivity index (χ3n) is 7.03. The molecule has 2 aliphatic rings. The molecule has 1 aromatic rings. The molecule has 1 unspecified atom stereocenters. The Morgan fingerprint density at radius 3 is 2.38 bits per heavy atom. The average Bonchev–Trinajstić information content (AvgIpc) is 2.90. The van der Waals surface area contributed by atoms with Gasteiger partial charge in [-0.3, -0.25) is 24.2 Å². The number of aromatic nitrogens is 1. The summed E-state index contributed by atoms with van der Waals surface area (Å²) in [5.41, 5.74) is -0.446. The summed E-state index contributed by atoms with van der Waals surface area (Å²) < 4.78 is 9.99. The number of aromatic hydroxyl groups is 1. The summed E-state index contributed by atoms with van der Waals surface area (Å²) in [6, 6.07) is 0.794. The van der Waals surface area contributed by atoms with Crippen LogP contribution < -0.4 is 10.6 Å². The molecular formula is C31H50N4O7. The lowest BCUT2D eigenvalue weighted by Crippen LogP contribution is -2.46. The largest absolute Gasteiger partial charge is 0.506 e. The van der Waals surface area contributed by atoms with E-state index in [4.69, 9.17) is 4.74 Å². The molecule has 0 aromatic carbocycles. The van der Waals surface area contributed by atoms with Crippen LogP contribution in [0.25, 0.3) is 0 Å². The second kappa shape index (κ2) is 16.4. The van der Waals surface area contributed by atoms with E-state index in [1.54, 1.807) is 20.8 Å². The number of carbonyl (C=O) groups excluding carboxylic acids is 4. The van der Waals surface area contributed by atoms with Crippen molar-refractivity contribution in [2.75, 3.05) is 26.2 Å². The fourth-order valence-corrected chi connectivity index (χ4v) is 4.95. The fraction of sp³-hybridized carbons (Fsp3) is 0.710. The molecule has 2 saturated heterocycles. The highest BCUT2D eigenvalue weighted by molar-refractivity contribution is 5.82. The number of esters is 1. The molecule has 3 heterocycles. The maximum Gasteiger partial charge on any atom is 0.308 e. The second-order valence-electron chi connectivity index (χ2n) is 13.1. The van der Waals surface area contributed by atoms with Crippen molar-refractivity contribution in [1.82, 2.24) is 20.5 Å². The summed E-state index contributed by atoms with van der Waals surface area (Å²) in [6.45, 7) is 14.4. The summed E-state index contributed by atoms with van der Waals surface area (Å²) in [7, 11) is 0. The summed E-state index contributed by atoms with van der Waals surface area (Å²) in [5, 5.41) is 16.2. The number of rotatable bonds is 9. The minimum Gasteiger partial charge on any atom is -0.506 e. The fourth-order valence-electron chi connectivity index (χ4n) is 4.95. The SMILES string of the molecule is CC(C)(C)OC(=O)CC(NC(=O)[C@@H]1CCCN(C(=O)CCC2CCNCC2)C1)c1cncc(O)c1.CC(C)(C)OC=O. The van der Waals surface area contributed by atoms with Crippen LogP contribution in [0.3, 0.4) is 0 Å². The number of piperidine rings is 2. The normalized spacial score (nSPS) is 18.6. The van der Waals surface area contributed by atoms with Crippen LogP contribution >= 0.6 is 0 Å². The van der Waals surface area contributed by atoms with Crippen molar-refractivity contribution in [3.05, 3.63) is 24.0 Å². The van der Waals surface area contributed by atoms with Crippen molar-refractivity contribution >= 4 is 24.3 Å². The molecular weight excluding hydrogens is 540 g/mol. The number of nitrogens with one attached hydrogen (secondary N) is 2. The van der Waals surface area contributed by atoms with Gasteiger partial charge in [0.1, 0.15) is 17.0 Å². The molecule has 1 aromatic heterocycles. The molecule has 0 radical (unpaired) electrons. The Hall–Kier alpha value is -3.21. The van der Waals surface area contributed by atoms with E-state index < -0.39 is 17.6 Å².